The van der Waals surface area contributed by atoms with Crippen molar-refractivity contribution < 1.29 is 14.6 Å². The van der Waals surface area contributed by atoms with Crippen molar-refractivity contribution in [1.29, 1.82) is 0 Å². The van der Waals surface area contributed by atoms with Crippen molar-refractivity contribution in [2.24, 2.45) is 0 Å². The molecule has 94 valence electrons. The fraction of sp³-hybridized carbons (Fsp3) is 0.231. The number of phenolic OH excluding ortho intramolecular Hbond substituents is 1. The van der Waals surface area contributed by atoms with Gasteiger partial charge in [0.05, 0.1) is 7.11 Å². The topological polar surface area (TPSA) is 64.4 Å². The predicted molar refractivity (Wildman–Crippen MR) is 65.8 cm³/mol. The molecule has 5 nitrogen and oxygen atoms in total. The Morgan fingerprint density at radius 3 is 3.00 bits per heavy atom. The molecule has 0 saturated heterocycles. The fourth-order valence-electron chi connectivity index (χ4n) is 1.66. The van der Waals surface area contributed by atoms with Crippen LogP contribution in [0.2, 0.25) is 0 Å². The molecule has 0 radical (unpaired) electrons. The normalized spacial score (nSPS) is 10.3. The van der Waals surface area contributed by atoms with Crippen molar-refractivity contribution in [3.05, 3.63) is 42.5 Å². The summed E-state index contributed by atoms with van der Waals surface area (Å²) in [5.74, 6) is 0.504. The number of carbonyl (C=O) groups excluding carboxylic acids is 1. The minimum Gasteiger partial charge on any atom is -0.504 e. The van der Waals surface area contributed by atoms with Crippen molar-refractivity contribution in [1.82, 2.24) is 9.55 Å². The molecule has 0 spiro atoms. The minimum atomic E-state index is -0.0143. The average molecular weight is 246 g/mol. The third-order valence-corrected chi connectivity index (χ3v) is 2.66. The van der Waals surface area contributed by atoms with Crippen LogP contribution in [0.3, 0.4) is 0 Å². The second kappa shape index (κ2) is 5.35. The lowest BCUT2D eigenvalue weighted by Crippen LogP contribution is -2.09. The summed E-state index contributed by atoms with van der Waals surface area (Å²) in [5, 5.41) is 9.46. The largest absolute Gasteiger partial charge is 0.504 e. The smallest absolute Gasteiger partial charge is 0.232 e. The van der Waals surface area contributed by atoms with E-state index in [1.807, 2.05) is 0 Å². The lowest BCUT2D eigenvalue weighted by atomic mass is 10.1. The van der Waals surface area contributed by atoms with E-state index in [-0.39, 0.29) is 11.7 Å². The van der Waals surface area contributed by atoms with Gasteiger partial charge in [-0.2, -0.15) is 0 Å². The molecule has 1 heterocycles. The van der Waals surface area contributed by atoms with E-state index in [1.165, 1.54) is 18.0 Å². The summed E-state index contributed by atoms with van der Waals surface area (Å²) in [5.41, 5.74) is 0.943. The van der Waals surface area contributed by atoms with Gasteiger partial charge in [0, 0.05) is 18.8 Å². The fourth-order valence-corrected chi connectivity index (χ4v) is 1.66. The molecule has 1 N–H and O–H groups in total. The SMILES string of the molecule is COc1cc(CCC(=O)n2ccnc2)ccc1O. The third-order valence-electron chi connectivity index (χ3n) is 2.66. The van der Waals surface area contributed by atoms with Crippen LogP contribution in [-0.2, 0) is 6.42 Å². The number of hydrogen-bond acceptors (Lipinski definition) is 4. The molecule has 5 heteroatoms. The van der Waals surface area contributed by atoms with Crippen molar-refractivity contribution in [2.75, 3.05) is 7.11 Å². The zero-order valence-electron chi connectivity index (χ0n) is 10.0. The number of nitrogens with zero attached hydrogens (tertiary/aromatic N) is 2. The molecule has 0 unspecified atom stereocenters. The van der Waals surface area contributed by atoms with Gasteiger partial charge in [0.15, 0.2) is 11.5 Å². The van der Waals surface area contributed by atoms with E-state index in [9.17, 15) is 9.90 Å². The highest BCUT2D eigenvalue weighted by atomic mass is 16.5. The van der Waals surface area contributed by atoms with Gasteiger partial charge in [-0.05, 0) is 24.1 Å². The molecule has 18 heavy (non-hydrogen) atoms. The predicted octanol–water partition coefficient (Wildman–Crippen LogP) is 1.87. The van der Waals surface area contributed by atoms with Gasteiger partial charge in [-0.3, -0.25) is 9.36 Å². The van der Waals surface area contributed by atoms with Crippen LogP contribution in [0.1, 0.15) is 16.8 Å². The van der Waals surface area contributed by atoms with E-state index in [2.05, 4.69) is 4.98 Å². The van der Waals surface area contributed by atoms with Crippen molar-refractivity contribution >= 4 is 5.91 Å². The number of aryl methyl sites for hydroxylation is 1. The van der Waals surface area contributed by atoms with E-state index in [1.54, 1.807) is 30.6 Å². The number of imidazole rings is 1. The molecule has 0 bridgehead atoms. The molecule has 0 aliphatic heterocycles. The summed E-state index contributed by atoms with van der Waals surface area (Å²) >= 11 is 0. The first-order chi connectivity index (χ1) is 8.70. The van der Waals surface area contributed by atoms with Crippen molar-refractivity contribution in [2.45, 2.75) is 12.8 Å². The monoisotopic (exact) mass is 246 g/mol. The molecule has 0 aliphatic carbocycles. The van der Waals surface area contributed by atoms with Gasteiger partial charge >= 0.3 is 0 Å². The molecule has 1 aromatic carbocycles. The van der Waals surface area contributed by atoms with Crippen LogP contribution >= 0.6 is 0 Å². The van der Waals surface area contributed by atoms with Crippen LogP contribution in [0.5, 0.6) is 11.5 Å². The Balaban J connectivity index is 2.00. The third kappa shape index (κ3) is 2.68. The van der Waals surface area contributed by atoms with Crippen LogP contribution in [0.15, 0.2) is 36.9 Å². The number of benzene rings is 1. The molecule has 0 fully saturated rings. The molecule has 2 aromatic rings. The molecular formula is C13H14N2O3. The van der Waals surface area contributed by atoms with Crippen LogP contribution in [0.25, 0.3) is 0 Å². The second-order valence-electron chi connectivity index (χ2n) is 3.87. The van der Waals surface area contributed by atoms with E-state index in [4.69, 9.17) is 4.74 Å². The molecular weight excluding hydrogens is 232 g/mol. The maximum absolute atomic E-state index is 11.7. The highest BCUT2D eigenvalue weighted by molar-refractivity contribution is 5.78. The van der Waals surface area contributed by atoms with Gasteiger partial charge in [-0.15, -0.1) is 0 Å². The van der Waals surface area contributed by atoms with E-state index in [0.717, 1.165) is 5.56 Å². The first-order valence-electron chi connectivity index (χ1n) is 5.57. The summed E-state index contributed by atoms with van der Waals surface area (Å²) in [4.78, 5) is 15.6. The summed E-state index contributed by atoms with van der Waals surface area (Å²) < 4.78 is 6.47. The molecule has 0 saturated carbocycles. The number of rotatable bonds is 4. The van der Waals surface area contributed by atoms with Gasteiger partial charge in [0.1, 0.15) is 6.33 Å². The van der Waals surface area contributed by atoms with Crippen LogP contribution in [0, 0.1) is 0 Å². The number of aromatic hydroxyl groups is 1. The Hall–Kier alpha value is -2.30. The molecule has 0 aliphatic rings. The van der Waals surface area contributed by atoms with E-state index in [0.29, 0.717) is 18.6 Å². The summed E-state index contributed by atoms with van der Waals surface area (Å²) in [6.45, 7) is 0. The van der Waals surface area contributed by atoms with Gasteiger partial charge < -0.3 is 9.84 Å². The zero-order valence-corrected chi connectivity index (χ0v) is 10.0. The van der Waals surface area contributed by atoms with E-state index < -0.39 is 0 Å². The van der Waals surface area contributed by atoms with E-state index >= 15 is 0 Å². The van der Waals surface area contributed by atoms with Crippen LogP contribution in [0.4, 0.5) is 0 Å². The number of phenols is 1. The Labute approximate surface area is 105 Å². The Kier molecular flexibility index (Phi) is 3.62. The first-order valence-corrected chi connectivity index (χ1v) is 5.57. The van der Waals surface area contributed by atoms with Gasteiger partial charge in [0.2, 0.25) is 5.91 Å². The Bertz CT molecular complexity index is 535. The Morgan fingerprint density at radius 2 is 2.33 bits per heavy atom. The zero-order chi connectivity index (χ0) is 13.0. The van der Waals surface area contributed by atoms with Gasteiger partial charge in [0.25, 0.3) is 0 Å². The Morgan fingerprint density at radius 1 is 1.50 bits per heavy atom. The average Bonchev–Trinajstić information content (AvgIpc) is 2.91. The highest BCUT2D eigenvalue weighted by Crippen LogP contribution is 2.26. The number of carbonyl (C=O) groups is 1. The number of aromatic nitrogens is 2. The first kappa shape index (κ1) is 12.2. The lowest BCUT2D eigenvalue weighted by molar-refractivity contribution is 0.0903. The highest BCUT2D eigenvalue weighted by Gasteiger charge is 2.07. The second-order valence-corrected chi connectivity index (χ2v) is 3.87. The number of methoxy groups -OCH3 is 1. The summed E-state index contributed by atoms with van der Waals surface area (Å²) in [6.07, 6.45) is 5.65. The quantitative estimate of drug-likeness (QED) is 0.894. The number of hydrogen-bond donors (Lipinski definition) is 1. The van der Waals surface area contributed by atoms with Crippen LogP contribution < -0.4 is 4.74 Å². The molecule has 0 atom stereocenters. The van der Waals surface area contributed by atoms with Crippen molar-refractivity contribution in [3.8, 4) is 11.5 Å². The van der Waals surface area contributed by atoms with Crippen LogP contribution in [-0.4, -0.2) is 27.7 Å². The van der Waals surface area contributed by atoms with Gasteiger partial charge in [-0.25, -0.2) is 4.98 Å². The maximum atomic E-state index is 11.7. The lowest BCUT2D eigenvalue weighted by Gasteiger charge is -2.06. The summed E-state index contributed by atoms with van der Waals surface area (Å²) in [7, 11) is 1.50. The maximum Gasteiger partial charge on any atom is 0.232 e. The number of ether oxygens (including phenoxy) is 1. The van der Waals surface area contributed by atoms with Gasteiger partial charge in [-0.1, -0.05) is 6.07 Å². The molecule has 0 amide bonds. The minimum absolute atomic E-state index is 0.0143. The molecule has 1 aromatic heterocycles. The summed E-state index contributed by atoms with van der Waals surface area (Å²) in [6, 6.07) is 5.07. The van der Waals surface area contributed by atoms with Crippen molar-refractivity contribution in [3.63, 3.8) is 0 Å². The molecule has 2 rings (SSSR count). The standard InChI is InChI=1S/C13H14N2O3/c1-18-12-8-10(2-4-11(12)16)3-5-13(17)15-7-6-14-9-15/h2,4,6-9,16H,3,5H2,1H3.